The van der Waals surface area contributed by atoms with E-state index in [1.165, 1.54) is 24.7 Å². The quantitative estimate of drug-likeness (QED) is 0.683. The molecule has 0 aliphatic heterocycles. The Morgan fingerprint density at radius 2 is 1.44 bits per heavy atom. The van der Waals surface area contributed by atoms with Crippen LogP contribution in [0.5, 0.6) is 0 Å². The highest BCUT2D eigenvalue weighted by molar-refractivity contribution is 5.81. The standard InChI is InChI=1S/C17H12F5N3/c1-8-14(15-12(21)6-9(18)7-13(15)22)17(25(2)24-8)23-16-10(19)4-3-5-11(16)20/h3-7,23H,1-2H3. The molecule has 0 atom stereocenters. The number of anilines is 2. The minimum atomic E-state index is -1.15. The summed E-state index contributed by atoms with van der Waals surface area (Å²) in [4.78, 5) is 0. The van der Waals surface area contributed by atoms with Crippen molar-refractivity contribution in [2.75, 3.05) is 5.32 Å². The summed E-state index contributed by atoms with van der Waals surface area (Å²) in [6, 6.07) is 4.31. The first kappa shape index (κ1) is 16.9. The van der Waals surface area contributed by atoms with Gasteiger partial charge in [-0.05, 0) is 19.1 Å². The largest absolute Gasteiger partial charge is 0.335 e. The lowest BCUT2D eigenvalue weighted by Crippen LogP contribution is -2.04. The molecule has 0 radical (unpaired) electrons. The number of nitrogens with one attached hydrogen (secondary N) is 1. The van der Waals surface area contributed by atoms with Gasteiger partial charge >= 0.3 is 0 Å². The summed E-state index contributed by atoms with van der Waals surface area (Å²) < 4.78 is 70.5. The van der Waals surface area contributed by atoms with Crippen molar-refractivity contribution in [1.82, 2.24) is 9.78 Å². The summed E-state index contributed by atoms with van der Waals surface area (Å²) in [6.45, 7) is 1.47. The zero-order valence-corrected chi connectivity index (χ0v) is 13.2. The Kier molecular flexibility index (Phi) is 4.20. The van der Waals surface area contributed by atoms with Crippen molar-refractivity contribution < 1.29 is 22.0 Å². The molecule has 0 saturated carbocycles. The number of aromatic nitrogens is 2. The Hall–Kier alpha value is -2.90. The first-order valence-electron chi connectivity index (χ1n) is 7.19. The number of aryl methyl sites for hydroxylation is 2. The maximum atomic E-state index is 14.2. The van der Waals surface area contributed by atoms with Gasteiger partial charge in [0.15, 0.2) is 0 Å². The van der Waals surface area contributed by atoms with E-state index in [0.29, 0.717) is 12.1 Å². The molecule has 0 aliphatic carbocycles. The van der Waals surface area contributed by atoms with Gasteiger partial charge in [0.2, 0.25) is 0 Å². The molecule has 0 unspecified atom stereocenters. The third-order valence-corrected chi connectivity index (χ3v) is 3.69. The van der Waals surface area contributed by atoms with E-state index in [1.54, 1.807) is 0 Å². The number of nitrogens with zero attached hydrogens (tertiary/aromatic N) is 2. The lowest BCUT2D eigenvalue weighted by Gasteiger charge is -2.13. The normalized spacial score (nSPS) is 11.0. The molecule has 1 aromatic heterocycles. The predicted octanol–water partition coefficient (Wildman–Crippen LogP) is 4.83. The van der Waals surface area contributed by atoms with E-state index in [9.17, 15) is 22.0 Å². The first-order valence-corrected chi connectivity index (χ1v) is 7.19. The Bertz CT molecular complexity index is 922. The summed E-state index contributed by atoms with van der Waals surface area (Å²) in [6.07, 6.45) is 0. The van der Waals surface area contributed by atoms with Crippen LogP contribution in [0.1, 0.15) is 5.69 Å². The van der Waals surface area contributed by atoms with Crippen LogP contribution in [0.25, 0.3) is 11.1 Å². The molecule has 0 amide bonds. The molecule has 1 heterocycles. The average Bonchev–Trinajstić information content (AvgIpc) is 2.77. The molecular formula is C17H12F5N3. The molecule has 2 aromatic carbocycles. The summed E-state index contributed by atoms with van der Waals surface area (Å²) >= 11 is 0. The van der Waals surface area contributed by atoms with Crippen molar-refractivity contribution >= 4 is 11.5 Å². The van der Waals surface area contributed by atoms with Gasteiger partial charge in [-0.25, -0.2) is 22.0 Å². The third-order valence-electron chi connectivity index (χ3n) is 3.69. The van der Waals surface area contributed by atoms with Gasteiger partial charge in [-0.2, -0.15) is 5.10 Å². The highest BCUT2D eigenvalue weighted by Crippen LogP contribution is 2.37. The Labute approximate surface area is 139 Å². The fourth-order valence-electron chi connectivity index (χ4n) is 2.62. The first-order chi connectivity index (χ1) is 11.8. The van der Waals surface area contributed by atoms with Crippen molar-refractivity contribution in [2.45, 2.75) is 6.92 Å². The smallest absolute Gasteiger partial charge is 0.149 e. The van der Waals surface area contributed by atoms with E-state index in [0.717, 1.165) is 12.1 Å². The lowest BCUT2D eigenvalue weighted by molar-refractivity contribution is 0.548. The fraction of sp³-hybridized carbons (Fsp3) is 0.118. The molecule has 8 heteroatoms. The Balaban J connectivity index is 2.21. The second-order valence-corrected chi connectivity index (χ2v) is 5.40. The maximum absolute atomic E-state index is 14.2. The molecule has 0 fully saturated rings. The molecule has 3 rings (SSSR count). The number of hydrogen-bond acceptors (Lipinski definition) is 2. The summed E-state index contributed by atoms with van der Waals surface area (Å²) in [5.41, 5.74) is -0.882. The van der Waals surface area contributed by atoms with Gasteiger partial charge in [0.25, 0.3) is 0 Å². The van der Waals surface area contributed by atoms with Gasteiger partial charge in [0, 0.05) is 19.2 Å². The average molecular weight is 353 g/mol. The molecule has 1 N–H and O–H groups in total. The molecule has 3 aromatic rings. The van der Waals surface area contributed by atoms with Gasteiger partial charge < -0.3 is 5.32 Å². The molecule has 0 bridgehead atoms. The van der Waals surface area contributed by atoms with Gasteiger partial charge in [-0.15, -0.1) is 0 Å². The topological polar surface area (TPSA) is 29.9 Å². The van der Waals surface area contributed by atoms with Crippen LogP contribution in [0.4, 0.5) is 33.5 Å². The summed E-state index contributed by atoms with van der Waals surface area (Å²) in [7, 11) is 1.44. The molecule has 0 aliphatic rings. The van der Waals surface area contributed by atoms with E-state index in [2.05, 4.69) is 10.4 Å². The van der Waals surface area contributed by atoms with Crippen LogP contribution >= 0.6 is 0 Å². The van der Waals surface area contributed by atoms with Gasteiger partial charge in [-0.1, -0.05) is 6.07 Å². The van der Waals surface area contributed by atoms with Crippen molar-refractivity contribution in [3.8, 4) is 11.1 Å². The number of benzene rings is 2. The van der Waals surface area contributed by atoms with Crippen LogP contribution in [0.2, 0.25) is 0 Å². The monoisotopic (exact) mass is 353 g/mol. The van der Waals surface area contributed by atoms with E-state index >= 15 is 0 Å². The van der Waals surface area contributed by atoms with Crippen molar-refractivity contribution in [3.63, 3.8) is 0 Å². The van der Waals surface area contributed by atoms with E-state index in [1.807, 2.05) is 0 Å². The van der Waals surface area contributed by atoms with Crippen LogP contribution in [-0.4, -0.2) is 9.78 Å². The molecule has 3 nitrogen and oxygen atoms in total. The van der Waals surface area contributed by atoms with Gasteiger partial charge in [-0.3, -0.25) is 4.68 Å². The highest BCUT2D eigenvalue weighted by Gasteiger charge is 2.24. The van der Waals surface area contributed by atoms with Crippen LogP contribution in [-0.2, 0) is 7.05 Å². The van der Waals surface area contributed by atoms with Crippen LogP contribution in [0.15, 0.2) is 30.3 Å². The number of hydrogen-bond donors (Lipinski definition) is 1. The van der Waals surface area contributed by atoms with E-state index in [-0.39, 0.29) is 17.1 Å². The lowest BCUT2D eigenvalue weighted by atomic mass is 10.0. The fourth-order valence-corrected chi connectivity index (χ4v) is 2.62. The summed E-state index contributed by atoms with van der Waals surface area (Å²) in [5, 5.41) is 6.52. The molecular weight excluding hydrogens is 341 g/mol. The van der Waals surface area contributed by atoms with E-state index < -0.39 is 40.3 Å². The molecule has 0 saturated heterocycles. The number of para-hydroxylation sites is 1. The third kappa shape index (κ3) is 2.95. The Morgan fingerprint density at radius 1 is 0.880 bits per heavy atom. The number of halogens is 5. The molecule has 0 spiro atoms. The van der Waals surface area contributed by atoms with Crippen molar-refractivity contribution in [3.05, 3.63) is 65.1 Å². The summed E-state index contributed by atoms with van der Waals surface area (Å²) in [5.74, 6) is -5.17. The van der Waals surface area contributed by atoms with Crippen LogP contribution < -0.4 is 5.32 Å². The van der Waals surface area contributed by atoms with Crippen LogP contribution in [0, 0.1) is 36.0 Å². The van der Waals surface area contributed by atoms with Crippen molar-refractivity contribution in [2.24, 2.45) is 7.05 Å². The second kappa shape index (κ2) is 6.19. The van der Waals surface area contributed by atoms with E-state index in [4.69, 9.17) is 0 Å². The molecule has 25 heavy (non-hydrogen) atoms. The zero-order valence-electron chi connectivity index (χ0n) is 13.2. The van der Waals surface area contributed by atoms with Crippen molar-refractivity contribution in [1.29, 1.82) is 0 Å². The van der Waals surface area contributed by atoms with Crippen LogP contribution in [0.3, 0.4) is 0 Å². The number of rotatable bonds is 3. The minimum Gasteiger partial charge on any atom is -0.335 e. The molecule has 130 valence electrons. The predicted molar refractivity (Wildman–Crippen MR) is 82.9 cm³/mol. The Morgan fingerprint density at radius 3 is 2.00 bits per heavy atom. The maximum Gasteiger partial charge on any atom is 0.149 e. The minimum absolute atomic E-state index is 0.0362. The second-order valence-electron chi connectivity index (χ2n) is 5.40. The highest BCUT2D eigenvalue weighted by atomic mass is 19.2. The van der Waals surface area contributed by atoms with Gasteiger partial charge in [0.1, 0.15) is 40.6 Å². The SMILES string of the molecule is Cc1nn(C)c(Nc2c(F)cccc2F)c1-c1c(F)cc(F)cc1F. The van der Waals surface area contributed by atoms with Gasteiger partial charge in [0.05, 0.1) is 16.8 Å². The zero-order chi connectivity index (χ0) is 18.3.